The SMILES string of the molecule is CC1CCCC(CN(C)C)C1(O)c1cccc(OC2CCCC2)c1.COCCOc1cccc(C2(O)C(C)CCCC2CN(C)C)c1. The number of nitrogens with zero attached hydrogens (tertiary/aromatic N) is 2. The van der Waals surface area contributed by atoms with Crippen LogP contribution in [-0.4, -0.2) is 87.7 Å². The summed E-state index contributed by atoms with van der Waals surface area (Å²) in [5, 5.41) is 23.3. The van der Waals surface area contributed by atoms with Crippen molar-refractivity contribution in [3.05, 3.63) is 59.7 Å². The van der Waals surface area contributed by atoms with Gasteiger partial charge in [0.1, 0.15) is 18.1 Å². The van der Waals surface area contributed by atoms with Gasteiger partial charge in [-0.2, -0.15) is 0 Å². The first-order chi connectivity index (χ1) is 22.5. The van der Waals surface area contributed by atoms with E-state index in [0.29, 0.717) is 19.3 Å². The Morgan fingerprint density at radius 1 is 0.660 bits per heavy atom. The van der Waals surface area contributed by atoms with Crippen molar-refractivity contribution in [2.45, 2.75) is 95.4 Å². The van der Waals surface area contributed by atoms with E-state index in [1.165, 1.54) is 25.7 Å². The highest BCUT2D eigenvalue weighted by Crippen LogP contribution is 2.47. The molecule has 3 fully saturated rings. The van der Waals surface area contributed by atoms with Gasteiger partial charge in [-0.15, -0.1) is 0 Å². The number of hydrogen-bond donors (Lipinski definition) is 2. The molecule has 0 aliphatic heterocycles. The van der Waals surface area contributed by atoms with Crippen LogP contribution < -0.4 is 9.47 Å². The molecule has 2 aromatic rings. The molecule has 47 heavy (non-hydrogen) atoms. The normalized spacial score (nSPS) is 29.9. The van der Waals surface area contributed by atoms with Crippen molar-refractivity contribution >= 4 is 0 Å². The lowest BCUT2D eigenvalue weighted by molar-refractivity contribution is -0.102. The van der Waals surface area contributed by atoms with Crippen molar-refractivity contribution in [2.24, 2.45) is 23.7 Å². The molecule has 3 aliphatic rings. The molecule has 0 amide bonds. The Balaban J connectivity index is 0.000000213. The van der Waals surface area contributed by atoms with Gasteiger partial charge in [0, 0.05) is 32.0 Å². The zero-order valence-corrected chi connectivity index (χ0v) is 30.4. The van der Waals surface area contributed by atoms with Gasteiger partial charge in [-0.3, -0.25) is 0 Å². The standard InChI is InChI=1S/C21H33NO2.C19H31NO3/c1-16-8-6-10-18(15-22(2)3)21(16,23)17-9-7-13-20(14-17)24-19-11-4-5-12-19;1-15-7-5-9-17(14-20(2)3)19(15,21)16-8-6-10-18(13-16)23-12-11-22-4/h7,9,13-14,16,18-19,23H,4-6,8,10-12,15H2,1-3H3;6,8,10,13,15,17,21H,5,7,9,11-12,14H2,1-4H3. The molecule has 0 spiro atoms. The highest BCUT2D eigenvalue weighted by Gasteiger charge is 2.46. The van der Waals surface area contributed by atoms with Gasteiger partial charge < -0.3 is 34.2 Å². The van der Waals surface area contributed by atoms with Gasteiger partial charge in [0.05, 0.1) is 23.9 Å². The van der Waals surface area contributed by atoms with Crippen molar-refractivity contribution in [3.8, 4) is 11.5 Å². The van der Waals surface area contributed by atoms with E-state index in [0.717, 1.165) is 74.2 Å². The summed E-state index contributed by atoms with van der Waals surface area (Å²) >= 11 is 0. The van der Waals surface area contributed by atoms with Gasteiger partial charge in [0.15, 0.2) is 0 Å². The zero-order chi connectivity index (χ0) is 34.0. The molecule has 6 atom stereocenters. The molecule has 0 radical (unpaired) electrons. The van der Waals surface area contributed by atoms with E-state index in [2.05, 4.69) is 64.0 Å². The summed E-state index contributed by atoms with van der Waals surface area (Å²) in [6.45, 7) is 7.28. The van der Waals surface area contributed by atoms with Gasteiger partial charge in [-0.25, -0.2) is 0 Å². The Morgan fingerprint density at radius 3 is 1.64 bits per heavy atom. The molecule has 0 bridgehead atoms. The molecule has 6 unspecified atom stereocenters. The first kappa shape index (κ1) is 37.7. The summed E-state index contributed by atoms with van der Waals surface area (Å²) in [5.41, 5.74) is 0.476. The quantitative estimate of drug-likeness (QED) is 0.237. The highest BCUT2D eigenvalue weighted by atomic mass is 16.5. The minimum atomic E-state index is -0.789. The van der Waals surface area contributed by atoms with Crippen LogP contribution in [0.2, 0.25) is 0 Å². The Labute approximate surface area is 285 Å². The molecule has 7 nitrogen and oxygen atoms in total. The summed E-state index contributed by atoms with van der Waals surface area (Å²) in [5.74, 6) is 2.77. The Morgan fingerprint density at radius 2 is 1.15 bits per heavy atom. The van der Waals surface area contributed by atoms with Crippen LogP contribution in [0.3, 0.4) is 0 Å². The van der Waals surface area contributed by atoms with Crippen LogP contribution in [0.25, 0.3) is 0 Å². The van der Waals surface area contributed by atoms with E-state index < -0.39 is 11.2 Å². The zero-order valence-electron chi connectivity index (χ0n) is 30.4. The van der Waals surface area contributed by atoms with Gasteiger partial charge in [-0.05, 0) is 127 Å². The Bertz CT molecular complexity index is 1220. The van der Waals surface area contributed by atoms with Crippen molar-refractivity contribution in [2.75, 3.05) is 61.6 Å². The minimum Gasteiger partial charge on any atom is -0.491 e. The summed E-state index contributed by atoms with van der Waals surface area (Å²) in [7, 11) is 10.0. The number of ether oxygens (including phenoxy) is 3. The third-order valence-electron chi connectivity index (χ3n) is 11.1. The molecule has 7 heteroatoms. The summed E-state index contributed by atoms with van der Waals surface area (Å²) in [6.07, 6.45) is 11.9. The molecule has 3 aliphatic carbocycles. The Hall–Kier alpha value is -2.16. The largest absolute Gasteiger partial charge is 0.491 e. The lowest BCUT2D eigenvalue weighted by Gasteiger charge is -2.46. The van der Waals surface area contributed by atoms with E-state index in [9.17, 15) is 10.2 Å². The first-order valence-corrected chi connectivity index (χ1v) is 18.2. The molecule has 3 saturated carbocycles. The number of hydrogen-bond acceptors (Lipinski definition) is 7. The second kappa shape index (κ2) is 17.5. The fraction of sp³-hybridized carbons (Fsp3) is 0.700. The fourth-order valence-corrected chi connectivity index (χ4v) is 8.50. The third-order valence-corrected chi connectivity index (χ3v) is 11.1. The number of methoxy groups -OCH3 is 1. The molecule has 2 N–H and O–H groups in total. The summed E-state index contributed by atoms with van der Waals surface area (Å²) in [4.78, 5) is 4.37. The van der Waals surface area contributed by atoms with Gasteiger partial charge in [0.25, 0.3) is 0 Å². The maximum Gasteiger partial charge on any atom is 0.120 e. The monoisotopic (exact) mass is 652 g/mol. The summed E-state index contributed by atoms with van der Waals surface area (Å²) < 4.78 is 16.9. The maximum absolute atomic E-state index is 11.7. The fourth-order valence-electron chi connectivity index (χ4n) is 8.50. The summed E-state index contributed by atoms with van der Waals surface area (Å²) in [6, 6.07) is 16.2. The number of aliphatic hydroxyl groups is 2. The van der Waals surface area contributed by atoms with Crippen molar-refractivity contribution < 1.29 is 24.4 Å². The second-order valence-corrected chi connectivity index (χ2v) is 15.2. The van der Waals surface area contributed by atoms with E-state index in [-0.39, 0.29) is 23.7 Å². The lowest BCUT2D eigenvalue weighted by atomic mass is 9.65. The molecule has 264 valence electrons. The topological polar surface area (TPSA) is 74.6 Å². The van der Waals surface area contributed by atoms with Crippen LogP contribution in [0, 0.1) is 23.7 Å². The van der Waals surface area contributed by atoms with E-state index in [4.69, 9.17) is 14.2 Å². The molecule has 0 aromatic heterocycles. The van der Waals surface area contributed by atoms with Crippen molar-refractivity contribution in [1.29, 1.82) is 0 Å². The smallest absolute Gasteiger partial charge is 0.120 e. The molecular weight excluding hydrogens is 588 g/mol. The van der Waals surface area contributed by atoms with Crippen LogP contribution in [0.5, 0.6) is 11.5 Å². The molecule has 5 rings (SSSR count). The second-order valence-electron chi connectivity index (χ2n) is 15.2. The predicted octanol–water partition coefficient (Wildman–Crippen LogP) is 7.09. The average molecular weight is 653 g/mol. The van der Waals surface area contributed by atoms with E-state index >= 15 is 0 Å². The Kier molecular flexibility index (Phi) is 14.0. The van der Waals surface area contributed by atoms with Gasteiger partial charge >= 0.3 is 0 Å². The number of benzene rings is 2. The maximum atomic E-state index is 11.7. The van der Waals surface area contributed by atoms with Crippen LogP contribution in [-0.2, 0) is 15.9 Å². The first-order valence-electron chi connectivity index (χ1n) is 18.2. The molecular formula is C40H64N2O5. The van der Waals surface area contributed by atoms with Crippen LogP contribution in [0.15, 0.2) is 48.5 Å². The lowest BCUT2D eigenvalue weighted by Crippen LogP contribution is -2.48. The molecule has 0 heterocycles. The van der Waals surface area contributed by atoms with E-state index in [1.807, 2.05) is 36.4 Å². The average Bonchev–Trinajstić information content (AvgIpc) is 3.55. The van der Waals surface area contributed by atoms with Crippen LogP contribution in [0.4, 0.5) is 0 Å². The predicted molar refractivity (Wildman–Crippen MR) is 191 cm³/mol. The van der Waals surface area contributed by atoms with Gasteiger partial charge in [-0.1, -0.05) is 51.0 Å². The number of rotatable bonds is 12. The molecule has 2 aromatic carbocycles. The highest BCUT2D eigenvalue weighted by molar-refractivity contribution is 5.35. The van der Waals surface area contributed by atoms with Crippen molar-refractivity contribution in [3.63, 3.8) is 0 Å². The third kappa shape index (κ3) is 9.51. The van der Waals surface area contributed by atoms with Crippen LogP contribution in [0.1, 0.15) is 89.2 Å². The van der Waals surface area contributed by atoms with Crippen LogP contribution >= 0.6 is 0 Å². The van der Waals surface area contributed by atoms with E-state index in [1.54, 1.807) is 7.11 Å². The van der Waals surface area contributed by atoms with Crippen molar-refractivity contribution in [1.82, 2.24) is 9.80 Å². The van der Waals surface area contributed by atoms with Gasteiger partial charge in [0.2, 0.25) is 0 Å². The minimum absolute atomic E-state index is 0.246. The molecule has 0 saturated heterocycles.